The number of hydrogen-bond donors (Lipinski definition) is 0. The zero-order valence-electron chi connectivity index (χ0n) is 15.0. The molecule has 0 amide bonds. The van der Waals surface area contributed by atoms with E-state index in [0.29, 0.717) is 11.8 Å². The lowest BCUT2D eigenvalue weighted by Gasteiger charge is -1.98. The standard InChI is InChI=1S/C21H16FN3O2S/c1-14(18-11-12-19(28-18)15-7-9-17(22)10-8-15)25-26-13-20-23-24-21(27-20)16-5-3-2-4-6-16/h2-12H,13H2,1H3. The molecule has 0 aliphatic rings. The summed E-state index contributed by atoms with van der Waals surface area (Å²) in [7, 11) is 0. The summed E-state index contributed by atoms with van der Waals surface area (Å²) in [5, 5.41) is 12.1. The molecule has 0 unspecified atom stereocenters. The SMILES string of the molecule is CC(=NOCc1nnc(-c2ccccc2)o1)c1ccc(-c2ccc(F)cc2)s1. The molecule has 5 nitrogen and oxygen atoms in total. The average molecular weight is 393 g/mol. The zero-order valence-corrected chi connectivity index (χ0v) is 15.8. The van der Waals surface area contributed by atoms with Crippen molar-refractivity contribution in [3.8, 4) is 21.9 Å². The van der Waals surface area contributed by atoms with Crippen molar-refractivity contribution in [2.75, 3.05) is 0 Å². The van der Waals surface area contributed by atoms with Crippen LogP contribution in [0.1, 0.15) is 17.7 Å². The molecule has 0 saturated carbocycles. The number of halogens is 1. The van der Waals surface area contributed by atoms with Crippen molar-refractivity contribution in [2.24, 2.45) is 5.16 Å². The molecule has 2 aromatic carbocycles. The first-order valence-corrected chi connectivity index (χ1v) is 9.41. The van der Waals surface area contributed by atoms with Gasteiger partial charge in [0.1, 0.15) is 5.82 Å². The molecular formula is C21H16FN3O2S. The van der Waals surface area contributed by atoms with Gasteiger partial charge in [-0.1, -0.05) is 35.5 Å². The maximum Gasteiger partial charge on any atom is 0.257 e. The zero-order chi connectivity index (χ0) is 19.3. The van der Waals surface area contributed by atoms with Crippen molar-refractivity contribution >= 4 is 17.0 Å². The molecular weight excluding hydrogens is 377 g/mol. The molecule has 4 rings (SSSR count). The smallest absolute Gasteiger partial charge is 0.257 e. The lowest BCUT2D eigenvalue weighted by atomic mass is 10.2. The van der Waals surface area contributed by atoms with Crippen LogP contribution in [-0.2, 0) is 11.4 Å². The van der Waals surface area contributed by atoms with Crippen LogP contribution in [0.15, 0.2) is 76.3 Å². The summed E-state index contributed by atoms with van der Waals surface area (Å²) < 4.78 is 18.6. The van der Waals surface area contributed by atoms with Gasteiger partial charge in [-0.25, -0.2) is 4.39 Å². The highest BCUT2D eigenvalue weighted by atomic mass is 32.1. The van der Waals surface area contributed by atoms with Gasteiger partial charge in [-0.2, -0.15) is 0 Å². The van der Waals surface area contributed by atoms with E-state index in [0.717, 1.165) is 26.6 Å². The molecule has 2 aromatic heterocycles. The molecule has 2 heterocycles. The normalized spacial score (nSPS) is 11.6. The molecule has 7 heteroatoms. The Hall–Kier alpha value is -3.32. The summed E-state index contributed by atoms with van der Waals surface area (Å²) >= 11 is 1.56. The van der Waals surface area contributed by atoms with Crippen LogP contribution in [0.4, 0.5) is 4.39 Å². The highest BCUT2D eigenvalue weighted by Gasteiger charge is 2.09. The maximum absolute atomic E-state index is 13.1. The van der Waals surface area contributed by atoms with Crippen LogP contribution in [0, 0.1) is 5.82 Å². The molecule has 4 aromatic rings. The Kier molecular flexibility index (Phi) is 5.25. The largest absolute Gasteiger partial charge is 0.417 e. The second-order valence-electron chi connectivity index (χ2n) is 5.99. The van der Waals surface area contributed by atoms with Crippen LogP contribution in [0.25, 0.3) is 21.9 Å². The molecule has 0 N–H and O–H groups in total. The Morgan fingerprint density at radius 1 is 1.00 bits per heavy atom. The minimum absolute atomic E-state index is 0.0906. The second kappa shape index (κ2) is 8.14. The first-order valence-electron chi connectivity index (χ1n) is 8.59. The monoisotopic (exact) mass is 393 g/mol. The molecule has 0 spiro atoms. The lowest BCUT2D eigenvalue weighted by molar-refractivity contribution is 0.111. The first-order chi connectivity index (χ1) is 13.7. The van der Waals surface area contributed by atoms with Crippen molar-refractivity contribution < 1.29 is 13.6 Å². The van der Waals surface area contributed by atoms with Gasteiger partial charge in [0.05, 0.1) is 10.6 Å². The Bertz CT molecular complexity index is 1090. The van der Waals surface area contributed by atoms with E-state index in [2.05, 4.69) is 15.4 Å². The van der Waals surface area contributed by atoms with Gasteiger partial charge >= 0.3 is 0 Å². The predicted octanol–water partition coefficient (Wildman–Crippen LogP) is 5.55. The van der Waals surface area contributed by atoms with Crippen LogP contribution >= 0.6 is 11.3 Å². The molecule has 0 saturated heterocycles. The van der Waals surface area contributed by atoms with E-state index in [1.807, 2.05) is 49.4 Å². The molecule has 0 aliphatic heterocycles. The van der Waals surface area contributed by atoms with Gasteiger partial charge in [0.2, 0.25) is 5.89 Å². The third kappa shape index (κ3) is 4.15. The van der Waals surface area contributed by atoms with Crippen LogP contribution < -0.4 is 0 Å². The third-order valence-electron chi connectivity index (χ3n) is 3.97. The minimum atomic E-state index is -0.247. The Morgan fingerprint density at radius 2 is 1.79 bits per heavy atom. The van der Waals surface area contributed by atoms with Crippen LogP contribution in [-0.4, -0.2) is 15.9 Å². The third-order valence-corrected chi connectivity index (χ3v) is 5.21. The number of aromatic nitrogens is 2. The highest BCUT2D eigenvalue weighted by molar-refractivity contribution is 7.17. The Morgan fingerprint density at radius 3 is 2.57 bits per heavy atom. The fraction of sp³-hybridized carbons (Fsp3) is 0.0952. The molecule has 28 heavy (non-hydrogen) atoms. The van der Waals surface area contributed by atoms with E-state index in [1.165, 1.54) is 12.1 Å². The number of rotatable bonds is 6. The van der Waals surface area contributed by atoms with Crippen molar-refractivity contribution in [1.29, 1.82) is 0 Å². The summed E-state index contributed by atoms with van der Waals surface area (Å²) in [4.78, 5) is 7.37. The van der Waals surface area contributed by atoms with Crippen LogP contribution in [0.3, 0.4) is 0 Å². The Balaban J connectivity index is 1.39. The van der Waals surface area contributed by atoms with E-state index in [-0.39, 0.29) is 12.4 Å². The van der Waals surface area contributed by atoms with Crippen molar-refractivity contribution in [2.45, 2.75) is 13.5 Å². The fourth-order valence-corrected chi connectivity index (χ4v) is 3.49. The minimum Gasteiger partial charge on any atom is -0.417 e. The Labute approximate surface area is 165 Å². The van der Waals surface area contributed by atoms with E-state index in [4.69, 9.17) is 9.25 Å². The second-order valence-corrected chi connectivity index (χ2v) is 7.07. The predicted molar refractivity (Wildman–Crippen MR) is 106 cm³/mol. The maximum atomic E-state index is 13.1. The van der Waals surface area contributed by atoms with Crippen LogP contribution in [0.5, 0.6) is 0 Å². The topological polar surface area (TPSA) is 60.5 Å². The molecule has 0 aliphatic carbocycles. The number of nitrogens with zero attached hydrogens (tertiary/aromatic N) is 3. The molecule has 0 bridgehead atoms. The number of thiophene rings is 1. The summed E-state index contributed by atoms with van der Waals surface area (Å²) in [5.74, 6) is 0.554. The summed E-state index contributed by atoms with van der Waals surface area (Å²) in [6.07, 6.45) is 0. The number of benzene rings is 2. The van der Waals surface area contributed by atoms with Crippen LogP contribution in [0.2, 0.25) is 0 Å². The van der Waals surface area contributed by atoms with E-state index in [9.17, 15) is 4.39 Å². The molecule has 0 atom stereocenters. The van der Waals surface area contributed by atoms with Gasteiger partial charge < -0.3 is 9.25 Å². The van der Waals surface area contributed by atoms with Crippen molar-refractivity contribution in [3.05, 3.63) is 83.3 Å². The summed E-state index contributed by atoms with van der Waals surface area (Å²) in [6.45, 7) is 1.96. The van der Waals surface area contributed by atoms with Crippen molar-refractivity contribution in [3.63, 3.8) is 0 Å². The van der Waals surface area contributed by atoms with Gasteiger partial charge in [-0.3, -0.25) is 0 Å². The number of hydrogen-bond acceptors (Lipinski definition) is 6. The highest BCUT2D eigenvalue weighted by Crippen LogP contribution is 2.28. The quantitative estimate of drug-likeness (QED) is 0.318. The molecule has 0 radical (unpaired) electrons. The fourth-order valence-electron chi connectivity index (χ4n) is 2.54. The van der Waals surface area contributed by atoms with Gasteiger partial charge in [0.25, 0.3) is 5.89 Å². The van der Waals surface area contributed by atoms with Gasteiger partial charge in [-0.15, -0.1) is 21.5 Å². The van der Waals surface area contributed by atoms with Gasteiger partial charge in [0.15, 0.2) is 6.61 Å². The van der Waals surface area contributed by atoms with Gasteiger partial charge in [-0.05, 0) is 48.9 Å². The first kappa shape index (κ1) is 18.1. The lowest BCUT2D eigenvalue weighted by Crippen LogP contribution is -1.94. The van der Waals surface area contributed by atoms with Crippen molar-refractivity contribution in [1.82, 2.24) is 10.2 Å². The molecule has 140 valence electrons. The van der Waals surface area contributed by atoms with E-state index < -0.39 is 0 Å². The number of oxime groups is 1. The summed E-state index contributed by atoms with van der Waals surface area (Å²) in [6, 6.07) is 19.9. The van der Waals surface area contributed by atoms with Gasteiger partial charge in [0, 0.05) is 10.4 Å². The van der Waals surface area contributed by atoms with E-state index in [1.54, 1.807) is 23.5 Å². The average Bonchev–Trinajstić information content (AvgIpc) is 3.39. The molecule has 0 fully saturated rings. The summed E-state index contributed by atoms with van der Waals surface area (Å²) in [5.41, 5.74) is 2.56. The van der Waals surface area contributed by atoms with E-state index >= 15 is 0 Å².